The maximum atomic E-state index is 13.2. The van der Waals surface area contributed by atoms with Gasteiger partial charge in [-0.15, -0.1) is 0 Å². The van der Waals surface area contributed by atoms with Crippen LogP contribution in [0.15, 0.2) is 23.2 Å². The zero-order valence-corrected chi connectivity index (χ0v) is 14.4. The van der Waals surface area contributed by atoms with E-state index in [1.54, 1.807) is 0 Å². The van der Waals surface area contributed by atoms with Crippen molar-refractivity contribution in [2.24, 2.45) is 10.9 Å². The molecule has 0 bridgehead atoms. The summed E-state index contributed by atoms with van der Waals surface area (Å²) >= 11 is 0. The fourth-order valence-electron chi connectivity index (χ4n) is 2.78. The Morgan fingerprint density at radius 3 is 2.76 bits per heavy atom. The van der Waals surface area contributed by atoms with E-state index in [9.17, 15) is 17.6 Å². The fraction of sp³-hybridized carbons (Fsp3) is 0.588. The van der Waals surface area contributed by atoms with E-state index in [0.29, 0.717) is 37.6 Å². The van der Waals surface area contributed by atoms with Gasteiger partial charge in [0.15, 0.2) is 5.96 Å². The van der Waals surface area contributed by atoms with Crippen LogP contribution in [0.4, 0.5) is 17.6 Å². The van der Waals surface area contributed by atoms with Gasteiger partial charge in [-0.05, 0) is 31.0 Å². The molecule has 0 amide bonds. The molecular formula is C17H23F4N3O. The first kappa shape index (κ1) is 19.5. The van der Waals surface area contributed by atoms with Gasteiger partial charge in [0.1, 0.15) is 5.82 Å². The lowest BCUT2D eigenvalue weighted by Gasteiger charge is -2.24. The van der Waals surface area contributed by atoms with Gasteiger partial charge in [-0.2, -0.15) is 13.2 Å². The molecule has 8 heteroatoms. The molecule has 1 fully saturated rings. The largest absolute Gasteiger partial charge is 0.416 e. The van der Waals surface area contributed by atoms with Crippen LogP contribution >= 0.6 is 0 Å². The Kier molecular flexibility index (Phi) is 6.64. The zero-order chi connectivity index (χ0) is 18.4. The number of nitrogens with zero attached hydrogens (tertiary/aromatic N) is 2. The third kappa shape index (κ3) is 5.59. The van der Waals surface area contributed by atoms with Crippen LogP contribution in [0.5, 0.6) is 0 Å². The van der Waals surface area contributed by atoms with Gasteiger partial charge in [0.25, 0.3) is 0 Å². The first-order valence-electron chi connectivity index (χ1n) is 8.24. The van der Waals surface area contributed by atoms with E-state index in [1.807, 2.05) is 18.9 Å². The number of hydrogen-bond donors (Lipinski definition) is 1. The summed E-state index contributed by atoms with van der Waals surface area (Å²) < 4.78 is 57.8. The molecule has 2 rings (SSSR count). The number of guanidine groups is 1. The maximum Gasteiger partial charge on any atom is 0.416 e. The van der Waals surface area contributed by atoms with Crippen LogP contribution in [0.2, 0.25) is 0 Å². The number of aliphatic imine (C=N–C) groups is 1. The summed E-state index contributed by atoms with van der Waals surface area (Å²) in [7, 11) is 1.84. The highest BCUT2D eigenvalue weighted by molar-refractivity contribution is 5.79. The molecule has 0 aliphatic carbocycles. The summed E-state index contributed by atoms with van der Waals surface area (Å²) in [5, 5.41) is 3.08. The molecule has 1 heterocycles. The SMILES string of the molecule is CCNC(=NCc1ccc(F)cc1C(F)(F)F)N(C)CC1CCOC1. The summed E-state index contributed by atoms with van der Waals surface area (Å²) in [5.74, 6) is -0.0115. The standard InChI is InChI=1S/C17H23F4N3O/c1-3-22-16(24(2)10-12-6-7-25-11-12)23-9-13-4-5-14(18)8-15(13)17(19,20)21/h4-5,8,12H,3,6-7,9-11H2,1-2H3,(H,22,23). The molecule has 1 aromatic rings. The van der Waals surface area contributed by atoms with E-state index in [4.69, 9.17) is 4.74 Å². The second-order valence-corrected chi connectivity index (χ2v) is 6.08. The zero-order valence-electron chi connectivity index (χ0n) is 14.4. The van der Waals surface area contributed by atoms with Crippen LogP contribution in [0.25, 0.3) is 0 Å². The molecule has 0 spiro atoms. The van der Waals surface area contributed by atoms with E-state index in [2.05, 4.69) is 10.3 Å². The number of nitrogens with one attached hydrogen (secondary N) is 1. The predicted molar refractivity (Wildman–Crippen MR) is 87.8 cm³/mol. The normalized spacial score (nSPS) is 18.5. The summed E-state index contributed by atoms with van der Waals surface area (Å²) in [6.45, 7) is 4.43. The monoisotopic (exact) mass is 361 g/mol. The van der Waals surface area contributed by atoms with Crippen LogP contribution in [0.1, 0.15) is 24.5 Å². The van der Waals surface area contributed by atoms with Crippen LogP contribution in [0.3, 0.4) is 0 Å². The summed E-state index contributed by atoms with van der Waals surface area (Å²) in [6.07, 6.45) is -3.65. The molecule has 0 radical (unpaired) electrons. The lowest BCUT2D eigenvalue weighted by molar-refractivity contribution is -0.138. The minimum atomic E-state index is -4.61. The molecular weight excluding hydrogens is 338 g/mol. The lowest BCUT2D eigenvalue weighted by Crippen LogP contribution is -2.41. The quantitative estimate of drug-likeness (QED) is 0.497. The van der Waals surface area contributed by atoms with Gasteiger partial charge in [-0.3, -0.25) is 0 Å². The molecule has 140 valence electrons. The van der Waals surface area contributed by atoms with Gasteiger partial charge < -0.3 is 15.0 Å². The van der Waals surface area contributed by atoms with Crippen molar-refractivity contribution in [3.63, 3.8) is 0 Å². The maximum absolute atomic E-state index is 13.2. The van der Waals surface area contributed by atoms with Gasteiger partial charge in [0.05, 0.1) is 18.7 Å². The number of hydrogen-bond acceptors (Lipinski definition) is 2. The topological polar surface area (TPSA) is 36.9 Å². The van der Waals surface area contributed by atoms with E-state index in [0.717, 1.165) is 25.2 Å². The highest BCUT2D eigenvalue weighted by Gasteiger charge is 2.33. The molecule has 25 heavy (non-hydrogen) atoms. The first-order chi connectivity index (χ1) is 11.8. The summed E-state index contributed by atoms with van der Waals surface area (Å²) in [4.78, 5) is 6.19. The molecule has 4 nitrogen and oxygen atoms in total. The number of benzene rings is 1. The Balaban J connectivity index is 2.15. The highest BCUT2D eigenvalue weighted by Crippen LogP contribution is 2.32. The van der Waals surface area contributed by atoms with Gasteiger partial charge >= 0.3 is 6.18 Å². The smallest absolute Gasteiger partial charge is 0.381 e. The van der Waals surface area contributed by atoms with Crippen LogP contribution in [0, 0.1) is 11.7 Å². The third-order valence-corrected chi connectivity index (χ3v) is 4.03. The third-order valence-electron chi connectivity index (χ3n) is 4.03. The van der Waals surface area contributed by atoms with Crippen molar-refractivity contribution in [3.05, 3.63) is 35.1 Å². The summed E-state index contributed by atoms with van der Waals surface area (Å²) in [6, 6.07) is 2.67. The van der Waals surface area contributed by atoms with Crippen LogP contribution in [-0.2, 0) is 17.5 Å². The van der Waals surface area contributed by atoms with Crippen molar-refractivity contribution < 1.29 is 22.3 Å². The molecule has 1 N–H and O–H groups in total. The molecule has 0 saturated carbocycles. The van der Waals surface area contributed by atoms with Gasteiger partial charge in [-0.1, -0.05) is 6.07 Å². The van der Waals surface area contributed by atoms with Crippen molar-refractivity contribution in [2.75, 3.05) is 33.4 Å². The average molecular weight is 361 g/mol. The van der Waals surface area contributed by atoms with Crippen molar-refractivity contribution in [2.45, 2.75) is 26.1 Å². The number of halogens is 4. The van der Waals surface area contributed by atoms with Crippen molar-refractivity contribution in [1.82, 2.24) is 10.2 Å². The lowest BCUT2D eigenvalue weighted by atomic mass is 10.1. The molecule has 1 saturated heterocycles. The van der Waals surface area contributed by atoms with Crippen molar-refractivity contribution in [3.8, 4) is 0 Å². The average Bonchev–Trinajstić information content (AvgIpc) is 3.04. The number of alkyl halides is 3. The number of ether oxygens (including phenoxy) is 1. The van der Waals surface area contributed by atoms with Crippen molar-refractivity contribution in [1.29, 1.82) is 0 Å². The van der Waals surface area contributed by atoms with E-state index in [-0.39, 0.29) is 12.1 Å². The molecule has 1 unspecified atom stereocenters. The molecule has 1 atom stereocenters. The Hall–Kier alpha value is -1.83. The highest BCUT2D eigenvalue weighted by atomic mass is 19.4. The fourth-order valence-corrected chi connectivity index (χ4v) is 2.78. The van der Waals surface area contributed by atoms with E-state index >= 15 is 0 Å². The van der Waals surface area contributed by atoms with Crippen LogP contribution < -0.4 is 5.32 Å². The minimum Gasteiger partial charge on any atom is -0.381 e. The van der Waals surface area contributed by atoms with Gasteiger partial charge in [-0.25, -0.2) is 9.38 Å². The summed E-state index contributed by atoms with van der Waals surface area (Å²) in [5.41, 5.74) is -1.04. The van der Waals surface area contributed by atoms with Gasteiger partial charge in [0, 0.05) is 32.7 Å². The van der Waals surface area contributed by atoms with E-state index < -0.39 is 17.6 Å². The Bertz CT molecular complexity index is 598. The Morgan fingerprint density at radius 1 is 1.40 bits per heavy atom. The Morgan fingerprint density at radius 2 is 2.16 bits per heavy atom. The first-order valence-corrected chi connectivity index (χ1v) is 8.24. The van der Waals surface area contributed by atoms with Gasteiger partial charge in [0.2, 0.25) is 0 Å². The molecule has 0 aromatic heterocycles. The Labute approximate surface area is 144 Å². The predicted octanol–water partition coefficient (Wildman–Crippen LogP) is 3.28. The van der Waals surface area contributed by atoms with Crippen LogP contribution in [-0.4, -0.2) is 44.2 Å². The van der Waals surface area contributed by atoms with Crippen molar-refractivity contribution >= 4 is 5.96 Å². The minimum absolute atomic E-state index is 0.0538. The molecule has 1 aliphatic heterocycles. The second kappa shape index (κ2) is 8.51. The molecule has 1 aliphatic rings. The number of rotatable bonds is 5. The van der Waals surface area contributed by atoms with E-state index in [1.165, 1.54) is 0 Å². The molecule has 1 aromatic carbocycles. The second-order valence-electron chi connectivity index (χ2n) is 6.08.